The van der Waals surface area contributed by atoms with Gasteiger partial charge in [0.15, 0.2) is 23.0 Å². The molecule has 0 bridgehead atoms. The second kappa shape index (κ2) is 9.53. The van der Waals surface area contributed by atoms with Crippen molar-refractivity contribution < 1.29 is 19.3 Å². The molecule has 29 heavy (non-hydrogen) atoms. The van der Waals surface area contributed by atoms with Crippen LogP contribution >= 0.6 is 11.8 Å². The molecule has 1 heterocycles. The van der Waals surface area contributed by atoms with E-state index in [-0.39, 0.29) is 11.7 Å². The number of thioether (sulfide) groups is 1. The van der Waals surface area contributed by atoms with Crippen LogP contribution in [0.3, 0.4) is 0 Å². The van der Waals surface area contributed by atoms with E-state index in [1.54, 1.807) is 21.3 Å². The van der Waals surface area contributed by atoms with E-state index in [0.717, 1.165) is 43.1 Å². The summed E-state index contributed by atoms with van der Waals surface area (Å²) in [6.45, 7) is 0.929. The third-order valence-corrected chi connectivity index (χ3v) is 6.39. The fourth-order valence-corrected chi connectivity index (χ4v) is 4.87. The third kappa shape index (κ3) is 4.53. The molecule has 6 heteroatoms. The average Bonchev–Trinajstić information content (AvgIpc) is 2.73. The van der Waals surface area contributed by atoms with Crippen LogP contribution in [0.5, 0.6) is 23.0 Å². The van der Waals surface area contributed by atoms with Gasteiger partial charge in [-0.2, -0.15) is 11.8 Å². The first kappa shape index (κ1) is 21.5. The SMILES string of the molecule is COc1cc2c(cc1O)C(CSC)Cc1cc(OC)c(OC)cc1N(C)CCC2. The third-order valence-electron chi connectivity index (χ3n) is 5.65. The first-order valence-corrected chi connectivity index (χ1v) is 11.3. The van der Waals surface area contributed by atoms with Crippen molar-refractivity contribution in [3.8, 4) is 23.0 Å². The number of phenolic OH excluding ortho intramolecular Hbond substituents is 1. The molecule has 2 aromatic carbocycles. The van der Waals surface area contributed by atoms with Gasteiger partial charge in [-0.05, 0) is 66.3 Å². The van der Waals surface area contributed by atoms with Crippen LogP contribution < -0.4 is 19.1 Å². The maximum Gasteiger partial charge on any atom is 0.162 e. The van der Waals surface area contributed by atoms with E-state index in [1.807, 2.05) is 23.9 Å². The number of hydrogen-bond donors (Lipinski definition) is 1. The number of fused-ring (bicyclic) bond motifs is 2. The van der Waals surface area contributed by atoms with Gasteiger partial charge in [0.2, 0.25) is 0 Å². The summed E-state index contributed by atoms with van der Waals surface area (Å²) >= 11 is 1.83. The highest BCUT2D eigenvalue weighted by Gasteiger charge is 2.24. The summed E-state index contributed by atoms with van der Waals surface area (Å²) in [5.41, 5.74) is 4.88. The van der Waals surface area contributed by atoms with Gasteiger partial charge in [-0.25, -0.2) is 0 Å². The van der Waals surface area contributed by atoms with Crippen molar-refractivity contribution in [2.45, 2.75) is 25.2 Å². The van der Waals surface area contributed by atoms with Crippen molar-refractivity contribution in [2.24, 2.45) is 0 Å². The van der Waals surface area contributed by atoms with E-state index in [2.05, 4.69) is 30.3 Å². The van der Waals surface area contributed by atoms with Gasteiger partial charge in [0.25, 0.3) is 0 Å². The van der Waals surface area contributed by atoms with Crippen LogP contribution in [0.4, 0.5) is 5.69 Å². The minimum absolute atomic E-state index is 0.207. The number of rotatable bonds is 5. The van der Waals surface area contributed by atoms with E-state index < -0.39 is 0 Å². The van der Waals surface area contributed by atoms with Crippen molar-refractivity contribution in [3.05, 3.63) is 41.0 Å². The lowest BCUT2D eigenvalue weighted by Gasteiger charge is -2.29. The predicted octanol–water partition coefficient (Wildman–Crippen LogP) is 4.49. The Hall–Kier alpha value is -2.21. The Morgan fingerprint density at radius 3 is 2.31 bits per heavy atom. The first-order valence-electron chi connectivity index (χ1n) is 9.87. The number of methoxy groups -OCH3 is 3. The molecule has 1 atom stereocenters. The second-order valence-electron chi connectivity index (χ2n) is 7.44. The highest BCUT2D eigenvalue weighted by molar-refractivity contribution is 7.98. The molecule has 1 unspecified atom stereocenters. The number of benzene rings is 2. The molecule has 2 aromatic rings. The van der Waals surface area contributed by atoms with Crippen LogP contribution in [0, 0.1) is 0 Å². The van der Waals surface area contributed by atoms with Gasteiger partial charge in [0, 0.05) is 31.1 Å². The highest BCUT2D eigenvalue weighted by atomic mass is 32.2. The quantitative estimate of drug-likeness (QED) is 0.774. The second-order valence-corrected chi connectivity index (χ2v) is 8.35. The molecule has 0 spiro atoms. The lowest BCUT2D eigenvalue weighted by atomic mass is 9.86. The zero-order valence-electron chi connectivity index (χ0n) is 17.9. The zero-order valence-corrected chi connectivity index (χ0v) is 18.8. The summed E-state index contributed by atoms with van der Waals surface area (Å²) in [7, 11) is 7.08. The van der Waals surface area contributed by atoms with Crippen LogP contribution in [0.1, 0.15) is 29.0 Å². The molecule has 1 aliphatic rings. The largest absolute Gasteiger partial charge is 0.504 e. The van der Waals surface area contributed by atoms with Crippen molar-refractivity contribution in [2.75, 3.05) is 51.8 Å². The summed E-state index contributed by atoms with van der Waals surface area (Å²) < 4.78 is 16.5. The smallest absolute Gasteiger partial charge is 0.162 e. The molecule has 5 nitrogen and oxygen atoms in total. The van der Waals surface area contributed by atoms with Gasteiger partial charge in [-0.1, -0.05) is 0 Å². The number of aromatic hydroxyl groups is 1. The van der Waals surface area contributed by atoms with Crippen molar-refractivity contribution in [1.29, 1.82) is 0 Å². The van der Waals surface area contributed by atoms with Crippen molar-refractivity contribution >= 4 is 17.4 Å². The van der Waals surface area contributed by atoms with Crippen molar-refractivity contribution in [1.82, 2.24) is 0 Å². The summed E-state index contributed by atoms with van der Waals surface area (Å²) in [5, 5.41) is 10.5. The molecule has 1 aliphatic heterocycles. The molecule has 158 valence electrons. The van der Waals surface area contributed by atoms with Gasteiger partial charge in [0.05, 0.1) is 21.3 Å². The summed E-state index contributed by atoms with van der Waals surface area (Å²) in [6, 6.07) is 8.09. The van der Waals surface area contributed by atoms with Crippen LogP contribution in [-0.4, -0.2) is 52.0 Å². The van der Waals surface area contributed by atoms with Crippen LogP contribution in [-0.2, 0) is 12.8 Å². The Bertz CT molecular complexity index is 855. The fraction of sp³-hybridized carbons (Fsp3) is 0.478. The van der Waals surface area contributed by atoms with E-state index in [4.69, 9.17) is 14.2 Å². The maximum atomic E-state index is 10.5. The Morgan fingerprint density at radius 2 is 1.66 bits per heavy atom. The molecule has 0 saturated heterocycles. The monoisotopic (exact) mass is 417 g/mol. The lowest BCUT2D eigenvalue weighted by Crippen LogP contribution is -2.23. The number of phenols is 1. The molecule has 0 aromatic heterocycles. The first-order chi connectivity index (χ1) is 14.0. The molecule has 0 amide bonds. The Kier molecular flexibility index (Phi) is 7.06. The average molecular weight is 418 g/mol. The van der Waals surface area contributed by atoms with Crippen LogP contribution in [0.2, 0.25) is 0 Å². The molecule has 0 fully saturated rings. The van der Waals surface area contributed by atoms with Gasteiger partial charge >= 0.3 is 0 Å². The normalized spacial score (nSPS) is 16.6. The molecule has 1 N–H and O–H groups in total. The standard InChI is InChI=1S/C23H31NO4S/c1-24-8-6-7-15-10-21(26-2)20(25)12-18(15)17(14-29-5)9-16-11-22(27-3)23(28-4)13-19(16)24/h10-13,17,25H,6-9,14H2,1-5H3. The Balaban J connectivity index is 2.13. The number of nitrogens with zero attached hydrogens (tertiary/aromatic N) is 1. The van der Waals surface area contributed by atoms with Gasteiger partial charge in [-0.3, -0.25) is 0 Å². The number of anilines is 1. The van der Waals surface area contributed by atoms with E-state index in [1.165, 1.54) is 22.4 Å². The minimum Gasteiger partial charge on any atom is -0.504 e. The molecule has 0 radical (unpaired) electrons. The van der Waals surface area contributed by atoms with Gasteiger partial charge in [0.1, 0.15) is 0 Å². The summed E-state index contributed by atoms with van der Waals surface area (Å²) in [6.07, 6.45) is 4.95. The topological polar surface area (TPSA) is 51.2 Å². The molecule has 0 saturated carbocycles. The van der Waals surface area contributed by atoms with E-state index in [9.17, 15) is 5.11 Å². The highest BCUT2D eigenvalue weighted by Crippen LogP contribution is 2.41. The van der Waals surface area contributed by atoms with E-state index >= 15 is 0 Å². The Labute approximate surface area is 178 Å². The van der Waals surface area contributed by atoms with Crippen molar-refractivity contribution in [3.63, 3.8) is 0 Å². The van der Waals surface area contributed by atoms with E-state index in [0.29, 0.717) is 5.75 Å². The van der Waals surface area contributed by atoms with Gasteiger partial charge < -0.3 is 24.2 Å². The minimum atomic E-state index is 0.207. The van der Waals surface area contributed by atoms with Crippen LogP contribution in [0.25, 0.3) is 0 Å². The summed E-state index contributed by atoms with van der Waals surface area (Å²) in [4.78, 5) is 2.30. The summed E-state index contributed by atoms with van der Waals surface area (Å²) in [5.74, 6) is 3.50. The van der Waals surface area contributed by atoms with Gasteiger partial charge in [-0.15, -0.1) is 0 Å². The fourth-order valence-electron chi connectivity index (χ4n) is 4.17. The maximum absolute atomic E-state index is 10.5. The number of ether oxygens (including phenoxy) is 3. The van der Waals surface area contributed by atoms with Crippen LogP contribution in [0.15, 0.2) is 24.3 Å². The predicted molar refractivity (Wildman–Crippen MR) is 121 cm³/mol. The number of hydrogen-bond acceptors (Lipinski definition) is 6. The zero-order chi connectivity index (χ0) is 21.0. The molecule has 0 aliphatic carbocycles. The number of aryl methyl sites for hydroxylation is 1. The molecule has 3 rings (SSSR count). The molecular formula is C23H31NO4S. The Morgan fingerprint density at radius 1 is 1.00 bits per heavy atom. The lowest BCUT2D eigenvalue weighted by molar-refractivity contribution is 0.354. The molecular weight excluding hydrogens is 386 g/mol.